The maximum absolute atomic E-state index is 13.4. The van der Waals surface area contributed by atoms with E-state index in [1.54, 1.807) is 17.3 Å². The van der Waals surface area contributed by atoms with Gasteiger partial charge < -0.3 is 20.3 Å². The molecule has 174 valence electrons. The minimum absolute atomic E-state index is 0.0769. The number of ether oxygens (including phenoxy) is 1. The van der Waals surface area contributed by atoms with Crippen LogP contribution in [0, 0.1) is 0 Å². The van der Waals surface area contributed by atoms with Crippen molar-refractivity contribution in [2.45, 2.75) is 51.8 Å². The Balaban J connectivity index is 1.49. The number of pyridine rings is 1. The van der Waals surface area contributed by atoms with Crippen LogP contribution in [0.1, 0.15) is 56.2 Å². The second-order valence-corrected chi connectivity index (χ2v) is 9.98. The maximum atomic E-state index is 13.4. The monoisotopic (exact) mass is 468 g/mol. The van der Waals surface area contributed by atoms with Gasteiger partial charge in [-0.3, -0.25) is 9.78 Å². The molecular formula is C23H28N6O3S. The van der Waals surface area contributed by atoms with Crippen LogP contribution in [0.15, 0.2) is 36.0 Å². The number of thiophene rings is 1. The molecule has 2 atom stereocenters. The Morgan fingerprint density at radius 2 is 2.09 bits per heavy atom. The normalized spacial score (nSPS) is 17.1. The van der Waals surface area contributed by atoms with E-state index in [0.29, 0.717) is 31.2 Å². The molecule has 33 heavy (non-hydrogen) atoms. The molecule has 0 aliphatic carbocycles. The summed E-state index contributed by atoms with van der Waals surface area (Å²) >= 11 is 1.44. The van der Waals surface area contributed by atoms with Gasteiger partial charge in [-0.25, -0.2) is 14.8 Å². The second-order valence-electron chi connectivity index (χ2n) is 9.07. The highest BCUT2D eigenvalue weighted by Gasteiger charge is 2.31. The highest BCUT2D eigenvalue weighted by molar-refractivity contribution is 7.17. The van der Waals surface area contributed by atoms with Crippen molar-refractivity contribution in [1.29, 1.82) is 0 Å². The number of amides is 2. The maximum Gasteiger partial charge on any atom is 0.407 e. The number of hydrogen-bond acceptors (Lipinski definition) is 8. The van der Waals surface area contributed by atoms with E-state index in [1.807, 2.05) is 51.3 Å². The Bertz CT molecular complexity index is 1140. The summed E-state index contributed by atoms with van der Waals surface area (Å²) in [6, 6.07) is 5.50. The molecule has 4 rings (SSSR count). The van der Waals surface area contributed by atoms with E-state index in [4.69, 9.17) is 4.74 Å². The molecule has 9 nitrogen and oxygen atoms in total. The number of hydrogen-bond donors (Lipinski definition) is 2. The molecule has 3 aromatic heterocycles. The zero-order valence-corrected chi connectivity index (χ0v) is 20.0. The van der Waals surface area contributed by atoms with Crippen LogP contribution in [0.5, 0.6) is 0 Å². The highest BCUT2D eigenvalue weighted by atomic mass is 32.1. The lowest BCUT2D eigenvalue weighted by atomic mass is 10.1. The first-order valence-electron chi connectivity index (χ1n) is 10.9. The summed E-state index contributed by atoms with van der Waals surface area (Å²) in [5, 5.41) is 8.04. The number of aromatic nitrogens is 3. The van der Waals surface area contributed by atoms with Crippen molar-refractivity contribution < 1.29 is 14.3 Å². The number of nitrogens with one attached hydrogen (secondary N) is 2. The highest BCUT2D eigenvalue weighted by Crippen LogP contribution is 2.27. The summed E-state index contributed by atoms with van der Waals surface area (Å²) < 4.78 is 6.08. The van der Waals surface area contributed by atoms with Crippen LogP contribution in [0.2, 0.25) is 0 Å². The lowest BCUT2D eigenvalue weighted by Crippen LogP contribution is -2.41. The topological polar surface area (TPSA) is 109 Å². The average molecular weight is 469 g/mol. The molecule has 2 amide bonds. The molecule has 0 unspecified atom stereocenters. The quantitative estimate of drug-likeness (QED) is 0.582. The van der Waals surface area contributed by atoms with E-state index in [-0.39, 0.29) is 18.0 Å². The lowest BCUT2D eigenvalue weighted by molar-refractivity contribution is 0.0502. The second kappa shape index (κ2) is 9.30. The minimum atomic E-state index is -0.569. The number of carbonyl (C=O) groups is 2. The first-order valence-corrected chi connectivity index (χ1v) is 11.8. The van der Waals surface area contributed by atoms with Gasteiger partial charge in [-0.2, -0.15) is 0 Å². The fourth-order valence-corrected chi connectivity index (χ4v) is 4.48. The first-order chi connectivity index (χ1) is 15.7. The molecule has 3 aromatic rings. The van der Waals surface area contributed by atoms with Crippen LogP contribution < -0.4 is 10.6 Å². The number of likely N-dealkylation sites (tertiary alicyclic amines) is 1. The van der Waals surface area contributed by atoms with Crippen molar-refractivity contribution in [2.75, 3.05) is 18.4 Å². The SMILES string of the molecule is C[C@H](Nc1nc(C(=O)N2CC[C@@H](NC(=O)OC(C)(C)C)C2)c2sccc2n1)c1cccnc1. The molecule has 0 spiro atoms. The Morgan fingerprint density at radius 1 is 1.27 bits per heavy atom. The first kappa shape index (κ1) is 22.9. The summed E-state index contributed by atoms with van der Waals surface area (Å²) in [5.74, 6) is 0.221. The molecule has 1 aliphatic heterocycles. The predicted molar refractivity (Wildman–Crippen MR) is 127 cm³/mol. The van der Waals surface area contributed by atoms with Gasteiger partial charge in [0.05, 0.1) is 22.3 Å². The Kier molecular flexibility index (Phi) is 6.46. The van der Waals surface area contributed by atoms with Crippen LogP contribution in [0.3, 0.4) is 0 Å². The summed E-state index contributed by atoms with van der Waals surface area (Å²) in [6.07, 6.45) is 3.70. The molecule has 0 saturated carbocycles. The molecule has 2 N–H and O–H groups in total. The fraction of sp³-hybridized carbons (Fsp3) is 0.435. The summed E-state index contributed by atoms with van der Waals surface area (Å²) in [6.45, 7) is 8.39. The Labute approximate surface area is 196 Å². The van der Waals surface area contributed by atoms with Crippen molar-refractivity contribution in [2.24, 2.45) is 0 Å². The van der Waals surface area contributed by atoms with Gasteiger partial charge in [-0.1, -0.05) is 6.07 Å². The number of anilines is 1. The Morgan fingerprint density at radius 3 is 2.82 bits per heavy atom. The van der Waals surface area contributed by atoms with Crippen LogP contribution in [0.25, 0.3) is 10.2 Å². The van der Waals surface area contributed by atoms with E-state index in [9.17, 15) is 9.59 Å². The van der Waals surface area contributed by atoms with Gasteiger partial charge in [0, 0.05) is 25.5 Å². The summed E-state index contributed by atoms with van der Waals surface area (Å²) in [4.78, 5) is 40.5. The van der Waals surface area contributed by atoms with Gasteiger partial charge in [-0.15, -0.1) is 11.3 Å². The number of nitrogens with zero attached hydrogens (tertiary/aromatic N) is 4. The minimum Gasteiger partial charge on any atom is -0.444 e. The molecule has 1 saturated heterocycles. The molecule has 4 heterocycles. The molecule has 10 heteroatoms. The smallest absolute Gasteiger partial charge is 0.407 e. The number of alkyl carbamates (subject to hydrolysis) is 1. The molecule has 0 bridgehead atoms. The van der Waals surface area contributed by atoms with Gasteiger partial charge >= 0.3 is 6.09 Å². The van der Waals surface area contributed by atoms with Crippen LogP contribution >= 0.6 is 11.3 Å². The third-order valence-corrected chi connectivity index (χ3v) is 6.14. The third-order valence-electron chi connectivity index (χ3n) is 5.23. The van der Waals surface area contributed by atoms with Gasteiger partial charge in [0.1, 0.15) is 5.60 Å². The van der Waals surface area contributed by atoms with E-state index >= 15 is 0 Å². The largest absolute Gasteiger partial charge is 0.444 e. The van der Waals surface area contributed by atoms with Gasteiger partial charge in [-0.05, 0) is 57.2 Å². The van der Waals surface area contributed by atoms with Crippen molar-refractivity contribution in [3.05, 3.63) is 47.2 Å². The van der Waals surface area contributed by atoms with E-state index < -0.39 is 11.7 Å². The van der Waals surface area contributed by atoms with Crippen LogP contribution in [-0.4, -0.2) is 56.6 Å². The zero-order chi connectivity index (χ0) is 23.6. The van der Waals surface area contributed by atoms with Crippen molar-refractivity contribution in [3.63, 3.8) is 0 Å². The van der Waals surface area contributed by atoms with Crippen molar-refractivity contribution in [3.8, 4) is 0 Å². The standard InChI is InChI=1S/C23H28N6O3S/c1-14(15-6-5-9-24-12-15)25-21-27-17-8-11-33-19(17)18(28-21)20(30)29-10-7-16(13-29)26-22(31)32-23(2,3)4/h5-6,8-9,11-12,14,16H,7,10,13H2,1-4H3,(H,26,31)(H,25,27,28)/t14-,16+/m0/s1. The van der Waals surface area contributed by atoms with E-state index in [0.717, 1.165) is 15.8 Å². The van der Waals surface area contributed by atoms with Crippen molar-refractivity contribution in [1.82, 2.24) is 25.2 Å². The van der Waals surface area contributed by atoms with Gasteiger partial charge in [0.25, 0.3) is 5.91 Å². The Hall–Kier alpha value is -3.27. The fourth-order valence-electron chi connectivity index (χ4n) is 3.67. The molecular weight excluding hydrogens is 440 g/mol. The van der Waals surface area contributed by atoms with Crippen molar-refractivity contribution >= 4 is 39.5 Å². The summed E-state index contributed by atoms with van der Waals surface area (Å²) in [5.41, 5.74) is 1.52. The molecule has 0 radical (unpaired) electrons. The molecule has 1 fully saturated rings. The molecule has 0 aromatic carbocycles. The van der Waals surface area contributed by atoms with E-state index in [1.165, 1.54) is 11.3 Å². The summed E-state index contributed by atoms with van der Waals surface area (Å²) in [7, 11) is 0. The number of fused-ring (bicyclic) bond motifs is 1. The van der Waals surface area contributed by atoms with E-state index in [2.05, 4.69) is 25.6 Å². The van der Waals surface area contributed by atoms with Gasteiger partial charge in [0.2, 0.25) is 5.95 Å². The van der Waals surface area contributed by atoms with Crippen LogP contribution in [0.4, 0.5) is 10.7 Å². The van der Waals surface area contributed by atoms with Gasteiger partial charge in [0.15, 0.2) is 5.69 Å². The zero-order valence-electron chi connectivity index (χ0n) is 19.2. The lowest BCUT2D eigenvalue weighted by Gasteiger charge is -2.22. The third kappa shape index (κ3) is 5.57. The number of rotatable bonds is 5. The number of carbonyl (C=O) groups excluding carboxylic acids is 2. The predicted octanol–water partition coefficient (Wildman–Crippen LogP) is 4.00. The average Bonchev–Trinajstić information content (AvgIpc) is 3.41. The van der Waals surface area contributed by atoms with Crippen LogP contribution in [-0.2, 0) is 4.74 Å². The molecule has 1 aliphatic rings.